The zero-order valence-electron chi connectivity index (χ0n) is 11.4. The molecule has 0 bridgehead atoms. The van der Waals surface area contributed by atoms with Crippen LogP contribution in [0, 0.1) is 0 Å². The highest BCUT2D eigenvalue weighted by atomic mass is 15.2. The number of nitrogens with one attached hydrogen (secondary N) is 1. The Morgan fingerprint density at radius 2 is 2.11 bits per heavy atom. The van der Waals surface area contributed by atoms with Gasteiger partial charge in [-0.15, -0.1) is 0 Å². The number of rotatable bonds is 2. The molecule has 1 aromatic carbocycles. The Kier molecular flexibility index (Phi) is 3.11. The summed E-state index contributed by atoms with van der Waals surface area (Å²) in [6.45, 7) is 2.16. The Balaban J connectivity index is 2.08. The second kappa shape index (κ2) is 4.92. The molecule has 1 aliphatic rings. The smallest absolute Gasteiger partial charge is 0.105 e. The Morgan fingerprint density at radius 1 is 1.26 bits per heavy atom. The maximum atomic E-state index is 4.83. The number of H-pyrrole nitrogens is 1. The summed E-state index contributed by atoms with van der Waals surface area (Å²) in [7, 11) is 2.14. The number of hydrogen-bond acceptors (Lipinski definition) is 2. The van der Waals surface area contributed by atoms with Crippen LogP contribution in [0.4, 0.5) is 5.69 Å². The number of nitrogens with zero attached hydrogens (tertiary/aromatic N) is 2. The lowest BCUT2D eigenvalue weighted by molar-refractivity contribution is 0.364. The summed E-state index contributed by atoms with van der Waals surface area (Å²) in [5.41, 5.74) is 3.68. The Labute approximate surface area is 114 Å². The van der Waals surface area contributed by atoms with Crippen LogP contribution in [0.3, 0.4) is 0 Å². The standard InChI is InChI=1S/C16H19N3/c1-3-16-18-13-8-5-4-7-12(13)11-15(19(16)2)14-9-6-10-17-14/h4-10,15,17H,3,11H2,1-2H3. The number of para-hydroxylation sites is 1. The fourth-order valence-electron chi connectivity index (χ4n) is 2.73. The van der Waals surface area contributed by atoms with Crippen molar-refractivity contribution in [3.63, 3.8) is 0 Å². The Bertz CT molecular complexity index is 584. The first-order valence-corrected chi connectivity index (χ1v) is 6.81. The van der Waals surface area contributed by atoms with Crippen LogP contribution in [0.25, 0.3) is 0 Å². The summed E-state index contributed by atoms with van der Waals surface area (Å²) in [4.78, 5) is 10.5. The molecule has 1 aromatic heterocycles. The number of hydrogen-bond donors (Lipinski definition) is 1. The maximum Gasteiger partial charge on any atom is 0.105 e. The number of aromatic amines is 1. The van der Waals surface area contributed by atoms with E-state index in [-0.39, 0.29) is 0 Å². The summed E-state index contributed by atoms with van der Waals surface area (Å²) in [6.07, 6.45) is 3.92. The molecule has 98 valence electrons. The third kappa shape index (κ3) is 2.16. The number of benzene rings is 1. The monoisotopic (exact) mass is 253 g/mol. The van der Waals surface area contributed by atoms with Gasteiger partial charge in [-0.05, 0) is 23.8 Å². The van der Waals surface area contributed by atoms with Crippen molar-refractivity contribution in [2.45, 2.75) is 25.8 Å². The van der Waals surface area contributed by atoms with Gasteiger partial charge in [0.15, 0.2) is 0 Å². The number of aliphatic imine (C=N–C) groups is 1. The maximum absolute atomic E-state index is 4.83. The van der Waals surface area contributed by atoms with Crippen molar-refractivity contribution < 1.29 is 0 Å². The summed E-state index contributed by atoms with van der Waals surface area (Å²) in [5.74, 6) is 1.14. The van der Waals surface area contributed by atoms with Crippen LogP contribution in [0.1, 0.15) is 30.6 Å². The minimum Gasteiger partial charge on any atom is -0.363 e. The lowest BCUT2D eigenvalue weighted by Crippen LogP contribution is -2.31. The van der Waals surface area contributed by atoms with E-state index in [1.807, 2.05) is 6.20 Å². The number of amidine groups is 1. The molecule has 3 heteroatoms. The van der Waals surface area contributed by atoms with E-state index >= 15 is 0 Å². The van der Waals surface area contributed by atoms with Gasteiger partial charge in [0.05, 0.1) is 11.7 Å². The number of fused-ring (bicyclic) bond motifs is 1. The first kappa shape index (κ1) is 12.0. The lowest BCUT2D eigenvalue weighted by Gasteiger charge is -2.28. The van der Waals surface area contributed by atoms with E-state index in [1.165, 1.54) is 11.3 Å². The molecule has 3 rings (SSSR count). The normalized spacial score (nSPS) is 18.7. The van der Waals surface area contributed by atoms with Gasteiger partial charge >= 0.3 is 0 Å². The van der Waals surface area contributed by atoms with Gasteiger partial charge in [0, 0.05) is 31.8 Å². The molecule has 1 atom stereocenters. The SMILES string of the molecule is CCC1=Nc2ccccc2CC(c2ccc[nH]2)N1C. The third-order valence-corrected chi connectivity index (χ3v) is 3.83. The van der Waals surface area contributed by atoms with Gasteiger partial charge in [-0.1, -0.05) is 25.1 Å². The number of likely N-dealkylation sites (N-methyl/N-ethyl adjacent to an activating group) is 1. The summed E-state index contributed by atoms with van der Waals surface area (Å²) in [5, 5.41) is 0. The van der Waals surface area contributed by atoms with Crippen LogP contribution in [0.5, 0.6) is 0 Å². The van der Waals surface area contributed by atoms with E-state index in [9.17, 15) is 0 Å². The van der Waals surface area contributed by atoms with Crippen LogP contribution in [0.15, 0.2) is 47.6 Å². The highest BCUT2D eigenvalue weighted by Gasteiger charge is 2.24. The summed E-state index contributed by atoms with van der Waals surface area (Å²) >= 11 is 0. The molecule has 0 saturated carbocycles. The molecule has 0 fully saturated rings. The van der Waals surface area contributed by atoms with Crippen molar-refractivity contribution in [1.82, 2.24) is 9.88 Å². The minimum absolute atomic E-state index is 0.331. The van der Waals surface area contributed by atoms with Crippen LogP contribution in [0.2, 0.25) is 0 Å². The Morgan fingerprint density at radius 3 is 2.84 bits per heavy atom. The molecule has 0 radical (unpaired) electrons. The molecular weight excluding hydrogens is 234 g/mol. The lowest BCUT2D eigenvalue weighted by atomic mass is 10.0. The van der Waals surface area contributed by atoms with Crippen molar-refractivity contribution in [1.29, 1.82) is 0 Å². The molecule has 1 aliphatic heterocycles. The highest BCUT2D eigenvalue weighted by Crippen LogP contribution is 2.32. The average molecular weight is 253 g/mol. The molecule has 0 spiro atoms. The van der Waals surface area contributed by atoms with E-state index in [1.54, 1.807) is 0 Å². The molecule has 0 saturated heterocycles. The van der Waals surface area contributed by atoms with Gasteiger partial charge < -0.3 is 9.88 Å². The van der Waals surface area contributed by atoms with Crippen LogP contribution in [-0.4, -0.2) is 22.8 Å². The average Bonchev–Trinajstić information content (AvgIpc) is 2.92. The molecule has 0 aliphatic carbocycles. The molecule has 3 nitrogen and oxygen atoms in total. The minimum atomic E-state index is 0.331. The van der Waals surface area contributed by atoms with Crippen molar-refractivity contribution in [2.24, 2.45) is 4.99 Å². The largest absolute Gasteiger partial charge is 0.363 e. The van der Waals surface area contributed by atoms with Gasteiger partial charge in [-0.3, -0.25) is 0 Å². The molecule has 1 N–H and O–H groups in total. The van der Waals surface area contributed by atoms with Gasteiger partial charge in [-0.2, -0.15) is 0 Å². The van der Waals surface area contributed by atoms with E-state index in [0.717, 1.165) is 24.4 Å². The van der Waals surface area contributed by atoms with Crippen LogP contribution in [-0.2, 0) is 6.42 Å². The summed E-state index contributed by atoms with van der Waals surface area (Å²) in [6, 6.07) is 13.0. The van der Waals surface area contributed by atoms with E-state index in [0.29, 0.717) is 6.04 Å². The second-order valence-electron chi connectivity index (χ2n) is 4.97. The van der Waals surface area contributed by atoms with Gasteiger partial charge in [0.2, 0.25) is 0 Å². The fourth-order valence-corrected chi connectivity index (χ4v) is 2.73. The molecular formula is C16H19N3. The first-order valence-electron chi connectivity index (χ1n) is 6.81. The van der Waals surface area contributed by atoms with Gasteiger partial charge in [-0.25, -0.2) is 4.99 Å². The predicted octanol–water partition coefficient (Wildman–Crippen LogP) is 3.68. The quantitative estimate of drug-likeness (QED) is 0.869. The Hall–Kier alpha value is -2.03. The van der Waals surface area contributed by atoms with Gasteiger partial charge in [0.1, 0.15) is 5.84 Å². The van der Waals surface area contributed by atoms with Crippen molar-refractivity contribution >= 4 is 11.5 Å². The predicted molar refractivity (Wildman–Crippen MR) is 78.8 cm³/mol. The first-order chi connectivity index (χ1) is 9.29. The topological polar surface area (TPSA) is 31.4 Å². The molecule has 19 heavy (non-hydrogen) atoms. The van der Waals surface area contributed by atoms with Gasteiger partial charge in [0.25, 0.3) is 0 Å². The fraction of sp³-hybridized carbons (Fsp3) is 0.312. The zero-order valence-corrected chi connectivity index (χ0v) is 11.4. The van der Waals surface area contributed by atoms with Crippen molar-refractivity contribution in [3.8, 4) is 0 Å². The molecule has 2 aromatic rings. The molecule has 2 heterocycles. The summed E-state index contributed by atoms with van der Waals surface area (Å²) < 4.78 is 0. The highest BCUT2D eigenvalue weighted by molar-refractivity contribution is 5.86. The van der Waals surface area contributed by atoms with E-state index in [2.05, 4.69) is 60.3 Å². The molecule has 0 amide bonds. The number of aromatic nitrogens is 1. The molecule has 1 unspecified atom stereocenters. The second-order valence-corrected chi connectivity index (χ2v) is 4.97. The van der Waals surface area contributed by atoms with Crippen LogP contribution >= 0.6 is 0 Å². The zero-order chi connectivity index (χ0) is 13.2. The van der Waals surface area contributed by atoms with Crippen molar-refractivity contribution in [3.05, 3.63) is 53.9 Å². The van der Waals surface area contributed by atoms with E-state index in [4.69, 9.17) is 4.99 Å². The van der Waals surface area contributed by atoms with E-state index < -0.39 is 0 Å². The third-order valence-electron chi connectivity index (χ3n) is 3.83. The van der Waals surface area contributed by atoms with Crippen LogP contribution < -0.4 is 0 Å². The van der Waals surface area contributed by atoms with Crippen molar-refractivity contribution in [2.75, 3.05) is 7.05 Å².